The standard InChI is InChI=1S/C17H16FNO4/c1-11-7-8-13(18)14(10-11)19-9-5-4-6-12(16(20)22-2)15(19)17(21)23-3/h4-10H,1-3H3. The van der Waals surface area contributed by atoms with Gasteiger partial charge in [0, 0.05) is 6.20 Å². The summed E-state index contributed by atoms with van der Waals surface area (Å²) in [5, 5.41) is 0. The number of hydrogen-bond acceptors (Lipinski definition) is 5. The Kier molecular flexibility index (Phi) is 4.95. The van der Waals surface area contributed by atoms with E-state index in [1.165, 1.54) is 37.5 Å². The van der Waals surface area contributed by atoms with E-state index in [9.17, 15) is 14.0 Å². The number of allylic oxidation sites excluding steroid dienone is 2. The topological polar surface area (TPSA) is 55.8 Å². The molecule has 0 aliphatic carbocycles. The Morgan fingerprint density at radius 3 is 2.43 bits per heavy atom. The van der Waals surface area contributed by atoms with Gasteiger partial charge in [0.1, 0.15) is 11.5 Å². The zero-order valence-corrected chi connectivity index (χ0v) is 13.0. The van der Waals surface area contributed by atoms with Crippen LogP contribution in [0.25, 0.3) is 0 Å². The van der Waals surface area contributed by atoms with E-state index in [1.807, 2.05) is 0 Å². The van der Waals surface area contributed by atoms with E-state index in [2.05, 4.69) is 0 Å². The van der Waals surface area contributed by atoms with Gasteiger partial charge in [-0.05, 0) is 36.8 Å². The lowest BCUT2D eigenvalue weighted by molar-refractivity contribution is -0.139. The van der Waals surface area contributed by atoms with Crippen molar-refractivity contribution >= 4 is 17.6 Å². The summed E-state index contributed by atoms with van der Waals surface area (Å²) in [5.74, 6) is -2.03. The van der Waals surface area contributed by atoms with Gasteiger partial charge >= 0.3 is 11.9 Å². The summed E-state index contributed by atoms with van der Waals surface area (Å²) in [6.45, 7) is 1.80. The molecule has 23 heavy (non-hydrogen) atoms. The summed E-state index contributed by atoms with van der Waals surface area (Å²) >= 11 is 0. The smallest absolute Gasteiger partial charge is 0.355 e. The predicted molar refractivity (Wildman–Crippen MR) is 83.0 cm³/mol. The number of anilines is 1. The van der Waals surface area contributed by atoms with Gasteiger partial charge in [0.05, 0.1) is 25.5 Å². The van der Waals surface area contributed by atoms with Crippen LogP contribution in [0.5, 0.6) is 0 Å². The Morgan fingerprint density at radius 2 is 1.78 bits per heavy atom. The maximum absolute atomic E-state index is 14.3. The lowest BCUT2D eigenvalue weighted by Crippen LogP contribution is -2.27. The minimum atomic E-state index is -0.775. The molecule has 0 unspecified atom stereocenters. The minimum absolute atomic E-state index is 0.0229. The molecule has 1 heterocycles. The van der Waals surface area contributed by atoms with E-state index < -0.39 is 17.8 Å². The fourth-order valence-corrected chi connectivity index (χ4v) is 2.16. The zero-order valence-electron chi connectivity index (χ0n) is 13.0. The van der Waals surface area contributed by atoms with Crippen molar-refractivity contribution < 1.29 is 23.5 Å². The lowest BCUT2D eigenvalue weighted by Gasteiger charge is -2.23. The predicted octanol–water partition coefficient (Wildman–Crippen LogP) is 2.62. The van der Waals surface area contributed by atoms with Crippen LogP contribution in [0, 0.1) is 12.7 Å². The maximum atomic E-state index is 14.3. The van der Waals surface area contributed by atoms with Gasteiger partial charge in [-0.15, -0.1) is 0 Å². The molecule has 0 saturated carbocycles. The highest BCUT2D eigenvalue weighted by atomic mass is 19.1. The summed E-state index contributed by atoms with van der Waals surface area (Å²) in [5.41, 5.74) is 0.793. The number of rotatable bonds is 3. The molecular formula is C17H16FNO4. The number of carbonyl (C=O) groups excluding carboxylic acids is 2. The van der Waals surface area contributed by atoms with Crippen molar-refractivity contribution in [1.82, 2.24) is 0 Å². The van der Waals surface area contributed by atoms with Gasteiger partial charge in [-0.25, -0.2) is 14.0 Å². The van der Waals surface area contributed by atoms with Crippen LogP contribution >= 0.6 is 0 Å². The van der Waals surface area contributed by atoms with E-state index in [0.29, 0.717) is 0 Å². The van der Waals surface area contributed by atoms with E-state index in [-0.39, 0.29) is 17.0 Å². The fourth-order valence-electron chi connectivity index (χ4n) is 2.16. The molecule has 5 nitrogen and oxygen atoms in total. The summed E-state index contributed by atoms with van der Waals surface area (Å²) in [4.78, 5) is 25.5. The first-order chi connectivity index (χ1) is 11.0. The van der Waals surface area contributed by atoms with Gasteiger partial charge in [-0.2, -0.15) is 0 Å². The highest BCUT2D eigenvalue weighted by molar-refractivity contribution is 6.05. The van der Waals surface area contributed by atoms with Crippen LogP contribution in [-0.4, -0.2) is 26.2 Å². The first-order valence-corrected chi connectivity index (χ1v) is 6.80. The molecule has 0 N–H and O–H groups in total. The van der Waals surface area contributed by atoms with Crippen LogP contribution in [0.4, 0.5) is 10.1 Å². The van der Waals surface area contributed by atoms with Crippen LogP contribution in [0.2, 0.25) is 0 Å². The van der Waals surface area contributed by atoms with Gasteiger partial charge in [0.2, 0.25) is 0 Å². The number of methoxy groups -OCH3 is 2. The second kappa shape index (κ2) is 6.91. The normalized spacial score (nSPS) is 13.8. The lowest BCUT2D eigenvalue weighted by atomic mass is 10.1. The highest BCUT2D eigenvalue weighted by Crippen LogP contribution is 2.29. The molecule has 0 aromatic heterocycles. The first-order valence-electron chi connectivity index (χ1n) is 6.80. The third-order valence-corrected chi connectivity index (χ3v) is 3.25. The van der Waals surface area contributed by atoms with Crippen LogP contribution in [0.1, 0.15) is 5.56 Å². The Labute approximate surface area is 133 Å². The van der Waals surface area contributed by atoms with Gasteiger partial charge in [-0.1, -0.05) is 12.1 Å². The zero-order chi connectivity index (χ0) is 17.0. The van der Waals surface area contributed by atoms with E-state index in [1.54, 1.807) is 31.2 Å². The second-order valence-corrected chi connectivity index (χ2v) is 4.77. The van der Waals surface area contributed by atoms with Crippen molar-refractivity contribution in [2.24, 2.45) is 0 Å². The molecule has 2 rings (SSSR count). The number of halogens is 1. The molecular weight excluding hydrogens is 301 g/mol. The molecule has 1 aromatic rings. The number of ether oxygens (including phenoxy) is 2. The molecule has 120 valence electrons. The molecule has 0 amide bonds. The Bertz CT molecular complexity index is 734. The van der Waals surface area contributed by atoms with Crippen molar-refractivity contribution in [3.63, 3.8) is 0 Å². The highest BCUT2D eigenvalue weighted by Gasteiger charge is 2.28. The SMILES string of the molecule is COC(=O)C1=C(C(=O)OC)N(c2cc(C)ccc2F)C=CC=C1. The monoisotopic (exact) mass is 317 g/mol. The quantitative estimate of drug-likeness (QED) is 0.802. The number of benzene rings is 1. The fraction of sp³-hybridized carbons (Fsp3) is 0.176. The molecule has 1 aliphatic rings. The van der Waals surface area contributed by atoms with Crippen molar-refractivity contribution in [3.8, 4) is 0 Å². The van der Waals surface area contributed by atoms with Crippen LogP contribution in [0.3, 0.4) is 0 Å². The molecule has 0 bridgehead atoms. The molecule has 0 spiro atoms. The second-order valence-electron chi connectivity index (χ2n) is 4.77. The minimum Gasteiger partial charge on any atom is -0.465 e. The summed E-state index contributed by atoms with van der Waals surface area (Å²) < 4.78 is 23.7. The van der Waals surface area contributed by atoms with Crippen LogP contribution in [0.15, 0.2) is 53.9 Å². The molecule has 0 radical (unpaired) electrons. The number of esters is 2. The number of carbonyl (C=O) groups is 2. The molecule has 0 saturated heterocycles. The third kappa shape index (κ3) is 3.31. The largest absolute Gasteiger partial charge is 0.465 e. The van der Waals surface area contributed by atoms with Crippen molar-refractivity contribution in [1.29, 1.82) is 0 Å². The maximum Gasteiger partial charge on any atom is 0.355 e. The molecule has 1 aliphatic heterocycles. The van der Waals surface area contributed by atoms with E-state index in [0.717, 1.165) is 5.56 Å². The van der Waals surface area contributed by atoms with Crippen LogP contribution < -0.4 is 4.90 Å². The number of aryl methyl sites for hydroxylation is 1. The number of hydrogen-bond donors (Lipinski definition) is 0. The molecule has 6 heteroatoms. The Morgan fingerprint density at radius 1 is 1.09 bits per heavy atom. The van der Waals surface area contributed by atoms with E-state index >= 15 is 0 Å². The Hall–Kier alpha value is -2.89. The number of nitrogens with zero attached hydrogens (tertiary/aromatic N) is 1. The molecule has 0 fully saturated rings. The van der Waals surface area contributed by atoms with Gasteiger partial charge in [0.15, 0.2) is 0 Å². The van der Waals surface area contributed by atoms with Gasteiger partial charge < -0.3 is 14.4 Å². The van der Waals surface area contributed by atoms with Crippen molar-refractivity contribution in [2.75, 3.05) is 19.1 Å². The first kappa shape index (κ1) is 16.5. The summed E-state index contributed by atoms with van der Waals surface area (Å²) in [7, 11) is 2.39. The summed E-state index contributed by atoms with van der Waals surface area (Å²) in [6, 6.07) is 4.48. The van der Waals surface area contributed by atoms with Crippen molar-refractivity contribution in [2.45, 2.75) is 6.92 Å². The average molecular weight is 317 g/mol. The van der Waals surface area contributed by atoms with Gasteiger partial charge in [-0.3, -0.25) is 0 Å². The van der Waals surface area contributed by atoms with Crippen LogP contribution in [-0.2, 0) is 19.1 Å². The van der Waals surface area contributed by atoms with Crippen molar-refractivity contribution in [3.05, 3.63) is 65.3 Å². The molecule has 0 atom stereocenters. The van der Waals surface area contributed by atoms with Gasteiger partial charge in [0.25, 0.3) is 0 Å². The molecule has 1 aromatic carbocycles. The Balaban J connectivity index is 2.71. The average Bonchev–Trinajstić information content (AvgIpc) is 2.78. The van der Waals surface area contributed by atoms with E-state index in [4.69, 9.17) is 9.47 Å². The summed E-state index contributed by atoms with van der Waals surface area (Å²) in [6.07, 6.45) is 6.04. The third-order valence-electron chi connectivity index (χ3n) is 3.25.